The van der Waals surface area contributed by atoms with E-state index in [0.717, 1.165) is 0 Å². The number of hydrogen-bond donors (Lipinski definition) is 0. The van der Waals surface area contributed by atoms with Crippen molar-refractivity contribution >= 4 is 11.6 Å². The maximum Gasteiger partial charge on any atom is 0.148 e. The molecule has 0 saturated heterocycles. The predicted octanol–water partition coefficient (Wildman–Crippen LogP) is 2.06. The molecule has 0 aliphatic carbocycles. The van der Waals surface area contributed by atoms with Crippen molar-refractivity contribution in [1.82, 2.24) is 15.0 Å². The minimum absolute atomic E-state index is 0.280. The Kier molecular flexibility index (Phi) is 2.57. The molecule has 0 radical (unpaired) electrons. The molecule has 2 aromatic rings. The van der Waals surface area contributed by atoms with E-state index in [1.54, 1.807) is 18.3 Å². The first-order chi connectivity index (χ1) is 7.31. The molecule has 5 heteroatoms. The molecule has 0 unspecified atom stereocenters. The monoisotopic (exact) mass is 216 g/mol. The van der Waals surface area contributed by atoms with E-state index < -0.39 is 0 Å². The van der Waals surface area contributed by atoms with E-state index in [1.165, 1.54) is 12.4 Å². The van der Waals surface area contributed by atoms with Crippen LogP contribution in [0.1, 0.15) is 5.56 Å². The van der Waals surface area contributed by atoms with Gasteiger partial charge < -0.3 is 0 Å². The summed E-state index contributed by atoms with van der Waals surface area (Å²) >= 11 is 5.71. The molecule has 72 valence electrons. The minimum Gasteiger partial charge on any atom is -0.259 e. The van der Waals surface area contributed by atoms with Crippen molar-refractivity contribution in [2.45, 2.75) is 0 Å². The van der Waals surface area contributed by atoms with Crippen molar-refractivity contribution < 1.29 is 0 Å². The molecule has 0 bridgehead atoms. The van der Waals surface area contributed by atoms with Crippen molar-refractivity contribution in [2.75, 3.05) is 0 Å². The zero-order valence-electron chi connectivity index (χ0n) is 7.55. The van der Waals surface area contributed by atoms with Gasteiger partial charge in [0.15, 0.2) is 0 Å². The van der Waals surface area contributed by atoms with Crippen LogP contribution in [-0.2, 0) is 0 Å². The van der Waals surface area contributed by atoms with Crippen molar-refractivity contribution in [3.8, 4) is 17.5 Å². The van der Waals surface area contributed by atoms with E-state index in [-0.39, 0.29) is 5.15 Å². The highest BCUT2D eigenvalue weighted by Crippen LogP contribution is 2.18. The molecule has 0 amide bonds. The number of nitriles is 1. The normalized spacial score (nSPS) is 9.60. The first-order valence-corrected chi connectivity index (χ1v) is 4.52. The maximum absolute atomic E-state index is 8.88. The first kappa shape index (κ1) is 9.56. The molecule has 2 aromatic heterocycles. The Bertz CT molecular complexity index is 533. The molecule has 4 nitrogen and oxygen atoms in total. The van der Waals surface area contributed by atoms with Crippen LogP contribution in [0.15, 0.2) is 30.7 Å². The van der Waals surface area contributed by atoms with Crippen LogP contribution in [0.2, 0.25) is 5.15 Å². The second-order valence-corrected chi connectivity index (χ2v) is 3.13. The third-order valence-corrected chi connectivity index (χ3v) is 1.96. The topological polar surface area (TPSA) is 62.5 Å². The lowest BCUT2D eigenvalue weighted by molar-refractivity contribution is 1.17. The fraction of sp³-hybridized carbons (Fsp3) is 0. The molecule has 0 saturated carbocycles. The van der Waals surface area contributed by atoms with E-state index >= 15 is 0 Å². The summed E-state index contributed by atoms with van der Waals surface area (Å²) in [5, 5.41) is 9.16. The Labute approximate surface area is 91.2 Å². The van der Waals surface area contributed by atoms with Crippen LogP contribution in [0, 0.1) is 11.3 Å². The van der Waals surface area contributed by atoms with E-state index in [4.69, 9.17) is 16.9 Å². The average molecular weight is 217 g/mol. The fourth-order valence-electron chi connectivity index (χ4n) is 1.16. The SMILES string of the molecule is N#Cc1cccnc1-c1cncc(Cl)n1. The Hall–Kier alpha value is -1.99. The molecule has 0 aliphatic rings. The van der Waals surface area contributed by atoms with Crippen molar-refractivity contribution in [2.24, 2.45) is 0 Å². The third-order valence-electron chi connectivity index (χ3n) is 1.78. The first-order valence-electron chi connectivity index (χ1n) is 4.14. The van der Waals surface area contributed by atoms with Gasteiger partial charge in [0, 0.05) is 6.20 Å². The zero-order chi connectivity index (χ0) is 10.7. The quantitative estimate of drug-likeness (QED) is 0.732. The van der Waals surface area contributed by atoms with Crippen LogP contribution < -0.4 is 0 Å². The maximum atomic E-state index is 8.88. The summed E-state index contributed by atoms with van der Waals surface area (Å²) in [6, 6.07) is 5.41. The van der Waals surface area contributed by atoms with Gasteiger partial charge in [-0.25, -0.2) is 4.98 Å². The summed E-state index contributed by atoms with van der Waals surface area (Å²) in [5.74, 6) is 0. The van der Waals surface area contributed by atoms with Gasteiger partial charge in [-0.2, -0.15) is 5.26 Å². The van der Waals surface area contributed by atoms with Gasteiger partial charge in [0.25, 0.3) is 0 Å². The third kappa shape index (κ3) is 1.92. The number of aromatic nitrogens is 3. The molecule has 0 aromatic carbocycles. The summed E-state index contributed by atoms with van der Waals surface area (Å²) in [4.78, 5) is 12.0. The Morgan fingerprint density at radius 3 is 2.93 bits per heavy atom. The van der Waals surface area contributed by atoms with Gasteiger partial charge in [0.2, 0.25) is 0 Å². The summed E-state index contributed by atoms with van der Waals surface area (Å²) in [5.41, 5.74) is 1.45. The molecule has 0 atom stereocenters. The molecule has 0 N–H and O–H groups in total. The lowest BCUT2D eigenvalue weighted by Gasteiger charge is -2.00. The van der Waals surface area contributed by atoms with E-state index in [2.05, 4.69) is 15.0 Å². The van der Waals surface area contributed by atoms with Gasteiger partial charge in [-0.15, -0.1) is 0 Å². The van der Waals surface area contributed by atoms with Gasteiger partial charge in [-0.05, 0) is 12.1 Å². The average Bonchev–Trinajstić information content (AvgIpc) is 2.29. The second-order valence-electron chi connectivity index (χ2n) is 2.74. The summed E-state index contributed by atoms with van der Waals surface area (Å²) in [7, 11) is 0. The highest BCUT2D eigenvalue weighted by atomic mass is 35.5. The Morgan fingerprint density at radius 2 is 2.20 bits per heavy atom. The largest absolute Gasteiger partial charge is 0.259 e. The second kappa shape index (κ2) is 4.03. The summed E-state index contributed by atoms with van der Waals surface area (Å²) in [6.07, 6.45) is 4.55. The van der Waals surface area contributed by atoms with Crippen LogP contribution in [-0.4, -0.2) is 15.0 Å². The van der Waals surface area contributed by atoms with Crippen molar-refractivity contribution in [3.05, 3.63) is 41.4 Å². The Balaban J connectivity index is 2.60. The van der Waals surface area contributed by atoms with Gasteiger partial charge in [-0.1, -0.05) is 11.6 Å². The van der Waals surface area contributed by atoms with Crippen LogP contribution in [0.4, 0.5) is 0 Å². The molecule has 0 spiro atoms. The number of pyridine rings is 1. The van der Waals surface area contributed by atoms with E-state index in [0.29, 0.717) is 17.0 Å². The van der Waals surface area contributed by atoms with E-state index in [1.807, 2.05) is 6.07 Å². The molecule has 2 rings (SSSR count). The van der Waals surface area contributed by atoms with Crippen LogP contribution in [0.5, 0.6) is 0 Å². The van der Waals surface area contributed by atoms with Crippen LogP contribution >= 0.6 is 11.6 Å². The van der Waals surface area contributed by atoms with Crippen LogP contribution in [0.25, 0.3) is 11.4 Å². The number of rotatable bonds is 1. The summed E-state index contributed by atoms with van der Waals surface area (Å²) < 4.78 is 0. The lowest BCUT2D eigenvalue weighted by atomic mass is 10.2. The van der Waals surface area contributed by atoms with E-state index in [9.17, 15) is 0 Å². The fourth-order valence-corrected chi connectivity index (χ4v) is 1.30. The van der Waals surface area contributed by atoms with Gasteiger partial charge in [-0.3, -0.25) is 9.97 Å². The smallest absolute Gasteiger partial charge is 0.148 e. The molecule has 2 heterocycles. The van der Waals surface area contributed by atoms with Gasteiger partial charge in [0.1, 0.15) is 22.6 Å². The van der Waals surface area contributed by atoms with Crippen molar-refractivity contribution in [1.29, 1.82) is 5.26 Å². The van der Waals surface area contributed by atoms with Crippen LogP contribution in [0.3, 0.4) is 0 Å². The molecule has 15 heavy (non-hydrogen) atoms. The van der Waals surface area contributed by atoms with Gasteiger partial charge in [0.05, 0.1) is 18.0 Å². The standard InChI is InChI=1S/C10H5ClN4/c11-9-6-13-5-8(15-9)10-7(4-12)2-1-3-14-10/h1-3,5-6H. The number of nitrogens with zero attached hydrogens (tertiary/aromatic N) is 4. The summed E-state index contributed by atoms with van der Waals surface area (Å²) in [6.45, 7) is 0. The number of halogens is 1. The minimum atomic E-state index is 0.280. The molecular weight excluding hydrogens is 212 g/mol. The highest BCUT2D eigenvalue weighted by molar-refractivity contribution is 6.29. The zero-order valence-corrected chi connectivity index (χ0v) is 8.31. The molecular formula is C10H5ClN4. The molecule has 0 aliphatic heterocycles. The Morgan fingerprint density at radius 1 is 1.33 bits per heavy atom. The van der Waals surface area contributed by atoms with Gasteiger partial charge >= 0.3 is 0 Å². The molecule has 0 fully saturated rings. The van der Waals surface area contributed by atoms with Crippen molar-refractivity contribution in [3.63, 3.8) is 0 Å². The highest BCUT2D eigenvalue weighted by Gasteiger charge is 2.07. The predicted molar refractivity (Wildman–Crippen MR) is 55.0 cm³/mol. The lowest BCUT2D eigenvalue weighted by Crippen LogP contribution is -1.92. The number of hydrogen-bond acceptors (Lipinski definition) is 4.